The molecular weight excluding hydrogens is 273 g/mol. The molecule has 5 heteroatoms. The van der Waals surface area contributed by atoms with Gasteiger partial charge in [0, 0.05) is 13.9 Å². The molecule has 0 unspecified atom stereocenters. The molecule has 0 rings (SSSR count). The summed E-state index contributed by atoms with van der Waals surface area (Å²) in [4.78, 5) is 8.44. The van der Waals surface area contributed by atoms with Crippen LogP contribution >= 0.6 is 7.26 Å². The molecule has 0 saturated carbocycles. The maximum atomic E-state index is 8.44. The van der Waals surface area contributed by atoms with Gasteiger partial charge in [-0.25, -0.2) is 0 Å². The predicted octanol–water partition coefficient (Wildman–Crippen LogP) is 3.50. The minimum atomic E-state index is -2.08. The van der Waals surface area contributed by atoms with Crippen LogP contribution in [0.1, 0.15) is 59.3 Å². The van der Waals surface area contributed by atoms with Crippen LogP contribution in [0.25, 0.3) is 0 Å². The first-order chi connectivity index (χ1) is 9.41. The first-order valence-electron chi connectivity index (χ1n) is 7.73. The summed E-state index contributed by atoms with van der Waals surface area (Å²) in [7, 11) is 0.981. The van der Waals surface area contributed by atoms with Crippen LogP contribution in [-0.2, 0) is 0 Å². The molecule has 0 saturated heterocycles. The summed E-state index contributed by atoms with van der Waals surface area (Å²) in [5.41, 5.74) is 4.50. The summed E-state index contributed by atoms with van der Waals surface area (Å²) in [6.45, 7) is 9.59. The minimum Gasteiger partial charge on any atom is -0.565 e. The molecule has 0 aliphatic rings. The average molecular weight is 309 g/mol. The van der Waals surface area contributed by atoms with Gasteiger partial charge in [-0.05, 0) is 26.3 Å². The van der Waals surface area contributed by atoms with E-state index in [0.29, 0.717) is 0 Å². The zero-order valence-electron chi connectivity index (χ0n) is 14.2. The standard InChI is InChI=1S/C13H30P.CH5N.CH2O3/c1-5-8-11-14(4,12-9-6-2)13-10-7-3;1-2;2-1(3)4/h5-13H2,1-4H3;2H2,1H3;(H2,2,3,4)/q+1;;/p-1. The van der Waals surface area contributed by atoms with Crippen LogP contribution in [0.5, 0.6) is 0 Å². The quantitative estimate of drug-likeness (QED) is 0.638. The van der Waals surface area contributed by atoms with E-state index in [2.05, 4.69) is 33.2 Å². The lowest BCUT2D eigenvalue weighted by atomic mass is 10.4. The highest BCUT2D eigenvalue weighted by Gasteiger charge is 2.28. The fourth-order valence-corrected chi connectivity index (χ4v) is 5.86. The Kier molecular flexibility index (Phi) is 23.0. The number of carboxylic acid groups (broad SMARTS) is 2. The van der Waals surface area contributed by atoms with Gasteiger partial charge in [0.1, 0.15) is 0 Å². The molecule has 0 aliphatic heterocycles. The Morgan fingerprint density at radius 2 is 1.15 bits per heavy atom. The monoisotopic (exact) mass is 309 g/mol. The molecule has 20 heavy (non-hydrogen) atoms. The lowest BCUT2D eigenvalue weighted by Crippen LogP contribution is -2.17. The van der Waals surface area contributed by atoms with E-state index in [0.717, 1.165) is 0 Å². The lowest BCUT2D eigenvalue weighted by Gasteiger charge is -2.22. The largest absolute Gasteiger partial charge is 0.565 e. The summed E-state index contributed by atoms with van der Waals surface area (Å²) in [6, 6.07) is 0. The third-order valence-electron chi connectivity index (χ3n) is 3.15. The van der Waals surface area contributed by atoms with E-state index in [1.807, 2.05) is 0 Å². The van der Waals surface area contributed by atoms with E-state index in [-0.39, 0.29) is 0 Å². The van der Waals surface area contributed by atoms with Crippen LogP contribution in [0.3, 0.4) is 0 Å². The summed E-state index contributed by atoms with van der Waals surface area (Å²) >= 11 is 0. The van der Waals surface area contributed by atoms with Gasteiger partial charge in [0.25, 0.3) is 0 Å². The third kappa shape index (κ3) is 22.8. The van der Waals surface area contributed by atoms with Gasteiger partial charge in [0.15, 0.2) is 0 Å². The second-order valence-corrected chi connectivity index (χ2v) is 9.70. The summed E-state index contributed by atoms with van der Waals surface area (Å²) < 4.78 is 0. The number of rotatable bonds is 9. The first kappa shape index (κ1) is 24.7. The number of carbonyl (C=O) groups is 1. The normalized spacial score (nSPS) is 9.90. The molecule has 0 heterocycles. The number of unbranched alkanes of at least 4 members (excludes halogenated alkanes) is 3. The molecule has 0 spiro atoms. The zero-order valence-corrected chi connectivity index (χ0v) is 15.0. The topological polar surface area (TPSA) is 86.4 Å². The highest BCUT2D eigenvalue weighted by atomic mass is 31.2. The Hall–Kier alpha value is -0.340. The zero-order chi connectivity index (χ0) is 16.4. The summed E-state index contributed by atoms with van der Waals surface area (Å²) in [5.74, 6) is 0. The van der Waals surface area contributed by atoms with Crippen LogP contribution in [0.2, 0.25) is 0 Å². The van der Waals surface area contributed by atoms with Gasteiger partial charge in [-0.1, -0.05) is 40.0 Å². The molecule has 0 aromatic carbocycles. The van der Waals surface area contributed by atoms with Crippen LogP contribution in [0.15, 0.2) is 0 Å². The highest BCUT2D eigenvalue weighted by molar-refractivity contribution is 7.75. The molecule has 0 fully saturated rings. The molecule has 0 amide bonds. The van der Waals surface area contributed by atoms with Crippen molar-refractivity contribution in [2.75, 3.05) is 32.2 Å². The molecule has 0 aromatic rings. The Labute approximate surface area is 126 Å². The van der Waals surface area contributed by atoms with E-state index in [4.69, 9.17) is 15.0 Å². The van der Waals surface area contributed by atoms with E-state index < -0.39 is 13.4 Å². The molecule has 4 nitrogen and oxygen atoms in total. The van der Waals surface area contributed by atoms with Crippen LogP contribution in [-0.4, -0.2) is 43.5 Å². The maximum absolute atomic E-state index is 8.44. The van der Waals surface area contributed by atoms with Crippen molar-refractivity contribution < 1.29 is 15.0 Å². The number of hydrogen-bond donors (Lipinski definition) is 2. The van der Waals surface area contributed by atoms with Crippen LogP contribution in [0, 0.1) is 0 Å². The highest BCUT2D eigenvalue weighted by Crippen LogP contribution is 2.57. The van der Waals surface area contributed by atoms with E-state index in [1.165, 1.54) is 45.6 Å². The fourth-order valence-electron chi connectivity index (χ4n) is 1.95. The van der Waals surface area contributed by atoms with Gasteiger partial charge in [0.05, 0.1) is 18.5 Å². The first-order valence-corrected chi connectivity index (χ1v) is 10.5. The van der Waals surface area contributed by atoms with Crippen molar-refractivity contribution in [3.8, 4) is 0 Å². The van der Waals surface area contributed by atoms with Crippen molar-refractivity contribution in [3.05, 3.63) is 0 Å². The Balaban J connectivity index is -0.000000410. The van der Waals surface area contributed by atoms with Gasteiger partial charge in [-0.3, -0.25) is 0 Å². The van der Waals surface area contributed by atoms with E-state index in [1.54, 1.807) is 18.5 Å². The molecule has 0 bridgehead atoms. The van der Waals surface area contributed by atoms with Crippen molar-refractivity contribution in [3.63, 3.8) is 0 Å². The molecule has 0 aliphatic carbocycles. The van der Waals surface area contributed by atoms with E-state index in [9.17, 15) is 0 Å². The van der Waals surface area contributed by atoms with Crippen LogP contribution in [0.4, 0.5) is 4.79 Å². The minimum absolute atomic E-state index is 0.519. The van der Waals surface area contributed by atoms with Gasteiger partial charge < -0.3 is 20.7 Å². The van der Waals surface area contributed by atoms with Crippen molar-refractivity contribution in [1.82, 2.24) is 0 Å². The Morgan fingerprint density at radius 3 is 1.30 bits per heavy atom. The Bertz CT molecular complexity index is 176. The van der Waals surface area contributed by atoms with E-state index >= 15 is 0 Å². The lowest BCUT2D eigenvalue weighted by molar-refractivity contribution is -0.275. The fraction of sp³-hybridized carbons (Fsp3) is 0.933. The Morgan fingerprint density at radius 1 is 0.950 bits per heavy atom. The second-order valence-electron chi connectivity index (χ2n) is 5.12. The molecule has 0 radical (unpaired) electrons. The van der Waals surface area contributed by atoms with Gasteiger partial charge in [-0.2, -0.15) is 0 Å². The molecular formula is C15H36NO3P. The van der Waals surface area contributed by atoms with Crippen molar-refractivity contribution >= 4 is 13.4 Å². The van der Waals surface area contributed by atoms with Gasteiger partial charge in [0.2, 0.25) is 6.16 Å². The smallest absolute Gasteiger partial charge is 0.249 e. The molecule has 0 aromatic heterocycles. The van der Waals surface area contributed by atoms with Gasteiger partial charge >= 0.3 is 0 Å². The molecule has 0 atom stereocenters. The third-order valence-corrected chi connectivity index (χ3v) is 7.34. The van der Waals surface area contributed by atoms with Gasteiger partial charge in [-0.15, -0.1) is 0 Å². The summed E-state index contributed by atoms with van der Waals surface area (Å²) in [5, 5.41) is 15.3. The van der Waals surface area contributed by atoms with Crippen LogP contribution < -0.4 is 10.8 Å². The average Bonchev–Trinajstić information content (AvgIpc) is 2.42. The number of hydrogen-bond acceptors (Lipinski definition) is 3. The maximum Gasteiger partial charge on any atom is 0.249 e. The summed E-state index contributed by atoms with van der Waals surface area (Å²) in [6.07, 6.45) is 11.2. The van der Waals surface area contributed by atoms with Crippen molar-refractivity contribution in [2.45, 2.75) is 59.3 Å². The SMILES string of the molecule is CCCC[P+](C)(CCCC)CCCC.CN.O=C([O-])O. The molecule has 124 valence electrons. The molecule has 3 N–H and O–H groups in total. The predicted molar refractivity (Wildman–Crippen MR) is 90.3 cm³/mol. The second kappa shape index (κ2) is 18.7. The number of nitrogens with two attached hydrogens (primary N) is 1. The van der Waals surface area contributed by atoms with Crippen molar-refractivity contribution in [2.24, 2.45) is 5.73 Å². The van der Waals surface area contributed by atoms with Crippen molar-refractivity contribution in [1.29, 1.82) is 0 Å².